The van der Waals surface area contributed by atoms with Crippen LogP contribution in [0.2, 0.25) is 0 Å². The minimum atomic E-state index is -0.316. The number of carbonyl (C=O) groups is 2. The molecule has 142 valence electrons. The molecule has 2 aliphatic heterocycles. The second-order valence-electron chi connectivity index (χ2n) is 7.24. The highest BCUT2D eigenvalue weighted by atomic mass is 79.9. The molecular weight excluding hydrogens is 408 g/mol. The van der Waals surface area contributed by atoms with Crippen molar-refractivity contribution in [1.82, 2.24) is 10.2 Å². The summed E-state index contributed by atoms with van der Waals surface area (Å²) in [6.45, 7) is 4.23. The quantitative estimate of drug-likeness (QED) is 0.782. The maximum absolute atomic E-state index is 13.4. The molecule has 0 radical (unpaired) electrons. The van der Waals surface area contributed by atoms with Crippen LogP contribution in [0.25, 0.3) is 0 Å². The average Bonchev–Trinajstić information content (AvgIpc) is 2.68. The molecule has 1 fully saturated rings. The predicted molar refractivity (Wildman–Crippen MR) is 106 cm³/mol. The first kappa shape index (κ1) is 18.4. The van der Waals surface area contributed by atoms with Crippen molar-refractivity contribution in [2.75, 3.05) is 26.3 Å². The first-order valence-electron chi connectivity index (χ1n) is 9.39. The van der Waals surface area contributed by atoms with Crippen LogP contribution in [0.4, 0.5) is 0 Å². The largest absolute Gasteiger partial charge is 0.378 e. The zero-order valence-electron chi connectivity index (χ0n) is 15.3. The first-order chi connectivity index (χ1) is 13.1. The second kappa shape index (κ2) is 7.60. The van der Waals surface area contributed by atoms with Crippen LogP contribution in [0.5, 0.6) is 0 Å². The number of ketones is 1. The van der Waals surface area contributed by atoms with Gasteiger partial charge in [-0.1, -0.05) is 34.1 Å². The molecule has 0 aromatic heterocycles. The molecule has 6 heteroatoms. The van der Waals surface area contributed by atoms with E-state index in [9.17, 15) is 9.59 Å². The van der Waals surface area contributed by atoms with E-state index in [1.54, 1.807) is 0 Å². The van der Waals surface area contributed by atoms with E-state index in [1.807, 2.05) is 36.1 Å². The molecule has 1 aliphatic carbocycles. The van der Waals surface area contributed by atoms with Crippen LogP contribution in [0.1, 0.15) is 31.2 Å². The lowest BCUT2D eigenvalue weighted by Crippen LogP contribution is -2.47. The number of allylic oxidation sites excluding steroid dienone is 3. The predicted octanol–water partition coefficient (Wildman–Crippen LogP) is 3.13. The number of hydrogen-bond acceptors (Lipinski definition) is 4. The van der Waals surface area contributed by atoms with E-state index in [0.717, 1.165) is 27.9 Å². The fourth-order valence-electron chi connectivity index (χ4n) is 4.26. The minimum absolute atomic E-state index is 0.00800. The molecule has 1 aromatic rings. The summed E-state index contributed by atoms with van der Waals surface area (Å²) in [6.07, 6.45) is 3.39. The SMILES string of the molecule is CC1=C(C(=O)N2CCOCC2)C(c2ccc(Br)cc2)C2C(=O)CCC=C2N1. The van der Waals surface area contributed by atoms with E-state index in [4.69, 9.17) is 4.74 Å². The Morgan fingerprint density at radius 2 is 1.89 bits per heavy atom. The highest BCUT2D eigenvalue weighted by Crippen LogP contribution is 2.44. The molecule has 2 unspecified atom stereocenters. The Kier molecular flexibility index (Phi) is 5.19. The van der Waals surface area contributed by atoms with Gasteiger partial charge < -0.3 is 15.0 Å². The summed E-state index contributed by atoms with van der Waals surface area (Å²) >= 11 is 3.48. The number of carbonyl (C=O) groups excluding carboxylic acids is 2. The number of fused-ring (bicyclic) bond motifs is 1. The lowest BCUT2D eigenvalue weighted by molar-refractivity contribution is -0.132. The summed E-state index contributed by atoms with van der Waals surface area (Å²) in [4.78, 5) is 28.1. The molecule has 0 saturated carbocycles. The molecule has 0 bridgehead atoms. The summed E-state index contributed by atoms with van der Waals surface area (Å²) in [5, 5.41) is 3.36. The van der Waals surface area contributed by atoms with Gasteiger partial charge in [-0.25, -0.2) is 0 Å². The molecular formula is C21H23BrN2O3. The number of nitrogens with one attached hydrogen (secondary N) is 1. The Bertz CT molecular complexity index is 822. The zero-order chi connectivity index (χ0) is 19.0. The summed E-state index contributed by atoms with van der Waals surface area (Å²) in [7, 11) is 0. The Labute approximate surface area is 167 Å². The molecule has 4 rings (SSSR count). The van der Waals surface area contributed by atoms with Gasteiger partial charge in [0.15, 0.2) is 0 Å². The van der Waals surface area contributed by atoms with Crippen LogP contribution in [-0.4, -0.2) is 42.9 Å². The fourth-order valence-corrected chi connectivity index (χ4v) is 4.53. The summed E-state index contributed by atoms with van der Waals surface area (Å²) in [5.41, 5.74) is 3.49. The normalized spacial score (nSPS) is 25.6. The van der Waals surface area contributed by atoms with Crippen LogP contribution in [0, 0.1) is 5.92 Å². The molecule has 2 heterocycles. The van der Waals surface area contributed by atoms with E-state index in [0.29, 0.717) is 38.3 Å². The van der Waals surface area contributed by atoms with E-state index < -0.39 is 0 Å². The number of hydrogen-bond donors (Lipinski definition) is 1. The lowest BCUT2D eigenvalue weighted by Gasteiger charge is -2.40. The van der Waals surface area contributed by atoms with Gasteiger partial charge in [-0.15, -0.1) is 0 Å². The van der Waals surface area contributed by atoms with Gasteiger partial charge in [0, 0.05) is 46.9 Å². The maximum Gasteiger partial charge on any atom is 0.252 e. The number of halogens is 1. The van der Waals surface area contributed by atoms with Gasteiger partial charge >= 0.3 is 0 Å². The second-order valence-corrected chi connectivity index (χ2v) is 8.16. The van der Waals surface area contributed by atoms with Gasteiger partial charge in [0.05, 0.1) is 19.1 Å². The number of morpholine rings is 1. The van der Waals surface area contributed by atoms with Crippen LogP contribution >= 0.6 is 15.9 Å². The van der Waals surface area contributed by atoms with Crippen LogP contribution < -0.4 is 5.32 Å². The van der Waals surface area contributed by atoms with Gasteiger partial charge in [-0.05, 0) is 31.0 Å². The molecule has 1 aromatic carbocycles. The fraction of sp³-hybridized carbons (Fsp3) is 0.429. The Morgan fingerprint density at radius 3 is 2.59 bits per heavy atom. The van der Waals surface area contributed by atoms with Crippen molar-refractivity contribution >= 4 is 27.6 Å². The van der Waals surface area contributed by atoms with Crippen LogP contribution in [0.3, 0.4) is 0 Å². The third kappa shape index (κ3) is 3.48. The van der Waals surface area contributed by atoms with E-state index in [-0.39, 0.29) is 23.5 Å². The molecule has 1 saturated heterocycles. The van der Waals surface area contributed by atoms with Crippen molar-refractivity contribution in [3.05, 3.63) is 57.3 Å². The van der Waals surface area contributed by atoms with Gasteiger partial charge in [0.2, 0.25) is 0 Å². The van der Waals surface area contributed by atoms with Gasteiger partial charge in [0.1, 0.15) is 5.78 Å². The first-order valence-corrected chi connectivity index (χ1v) is 10.2. The van der Waals surface area contributed by atoms with E-state index >= 15 is 0 Å². The number of nitrogens with zero attached hydrogens (tertiary/aromatic N) is 1. The van der Waals surface area contributed by atoms with Crippen molar-refractivity contribution in [1.29, 1.82) is 0 Å². The van der Waals surface area contributed by atoms with Gasteiger partial charge in [0.25, 0.3) is 5.91 Å². The van der Waals surface area contributed by atoms with E-state index in [1.165, 1.54) is 0 Å². The van der Waals surface area contributed by atoms with Crippen molar-refractivity contribution in [3.63, 3.8) is 0 Å². The topological polar surface area (TPSA) is 58.6 Å². The van der Waals surface area contributed by atoms with Gasteiger partial charge in [-0.3, -0.25) is 9.59 Å². The number of rotatable bonds is 2. The summed E-state index contributed by atoms with van der Waals surface area (Å²) in [5.74, 6) is -0.362. The molecule has 3 aliphatic rings. The lowest BCUT2D eigenvalue weighted by atomic mass is 9.70. The highest BCUT2D eigenvalue weighted by molar-refractivity contribution is 9.10. The Morgan fingerprint density at radius 1 is 1.19 bits per heavy atom. The monoisotopic (exact) mass is 430 g/mol. The molecule has 27 heavy (non-hydrogen) atoms. The number of benzene rings is 1. The molecule has 1 N–H and O–H groups in total. The summed E-state index contributed by atoms with van der Waals surface area (Å²) < 4.78 is 6.38. The Balaban J connectivity index is 1.81. The van der Waals surface area contributed by atoms with Crippen LogP contribution in [0.15, 0.2) is 51.8 Å². The minimum Gasteiger partial charge on any atom is -0.378 e. The highest BCUT2D eigenvalue weighted by Gasteiger charge is 2.43. The third-order valence-electron chi connectivity index (χ3n) is 5.57. The maximum atomic E-state index is 13.4. The molecule has 0 spiro atoms. The van der Waals surface area contributed by atoms with Crippen molar-refractivity contribution in [2.45, 2.75) is 25.7 Å². The molecule has 2 atom stereocenters. The van der Waals surface area contributed by atoms with Crippen LogP contribution in [-0.2, 0) is 14.3 Å². The van der Waals surface area contributed by atoms with Crippen molar-refractivity contribution < 1.29 is 14.3 Å². The van der Waals surface area contributed by atoms with Crippen molar-refractivity contribution in [3.8, 4) is 0 Å². The standard InChI is InChI=1S/C21H23BrN2O3/c1-13-18(21(26)24-9-11-27-12-10-24)19(14-5-7-15(22)8-6-14)20-16(23-13)3-2-4-17(20)25/h3,5-8,19-20,23H,2,4,9-12H2,1H3. The zero-order valence-corrected chi connectivity index (χ0v) is 16.9. The smallest absolute Gasteiger partial charge is 0.252 e. The number of amides is 1. The van der Waals surface area contributed by atoms with E-state index in [2.05, 4.69) is 27.3 Å². The number of Topliss-reactive ketones (excluding diaryl/α,β-unsaturated/α-hetero) is 1. The Hall–Kier alpha value is -1.92. The number of ether oxygens (including phenoxy) is 1. The molecule has 1 amide bonds. The molecule has 5 nitrogen and oxygen atoms in total. The average molecular weight is 431 g/mol. The van der Waals surface area contributed by atoms with Gasteiger partial charge in [-0.2, -0.15) is 0 Å². The summed E-state index contributed by atoms with van der Waals surface area (Å²) in [6, 6.07) is 7.97. The third-order valence-corrected chi connectivity index (χ3v) is 6.10. The van der Waals surface area contributed by atoms with Crippen molar-refractivity contribution in [2.24, 2.45) is 5.92 Å².